The highest BCUT2D eigenvalue weighted by atomic mass is 15.1. The molecule has 0 radical (unpaired) electrons. The quantitative estimate of drug-likeness (QED) is 0.315. The average Bonchev–Trinajstić information content (AvgIpc) is 3.37. The molecule has 8 N–H and O–H groups in total. The summed E-state index contributed by atoms with van der Waals surface area (Å²) in [6.07, 6.45) is 8.45. The first kappa shape index (κ1) is 15.9. The van der Waals surface area contributed by atoms with E-state index in [9.17, 15) is 0 Å². The van der Waals surface area contributed by atoms with Gasteiger partial charge in [0.25, 0.3) is 0 Å². The number of fused-ring (bicyclic) bond motifs is 2. The van der Waals surface area contributed by atoms with E-state index in [1.807, 2.05) is 0 Å². The smallest absolute Gasteiger partial charge is 0.197 e. The molecule has 0 aromatic carbocycles. The average molecular weight is 352 g/mol. The number of rotatable bonds is 2. The Morgan fingerprint density at radius 1 is 0.962 bits per heavy atom. The minimum atomic E-state index is 0.230. The Morgan fingerprint density at radius 2 is 1.85 bits per heavy atom. The Balaban J connectivity index is 0.000000131. The SMILES string of the molecule is CC1c2nc[nH]c2Cc2[nH]c(N)nc21.Nc1ncc(Cc2cnc[nH]2)[nH]1. The maximum Gasteiger partial charge on any atom is 0.197 e. The van der Waals surface area contributed by atoms with Crippen LogP contribution < -0.4 is 11.5 Å². The lowest BCUT2D eigenvalue weighted by molar-refractivity contribution is 0.782. The number of nitrogens with one attached hydrogen (secondary N) is 4. The van der Waals surface area contributed by atoms with Gasteiger partial charge in [-0.25, -0.2) is 19.9 Å². The van der Waals surface area contributed by atoms with E-state index in [-0.39, 0.29) is 5.92 Å². The number of nitrogens with zero attached hydrogens (tertiary/aromatic N) is 4. The van der Waals surface area contributed by atoms with Crippen LogP contribution in [0.5, 0.6) is 0 Å². The van der Waals surface area contributed by atoms with E-state index < -0.39 is 0 Å². The second-order valence-corrected chi connectivity index (χ2v) is 6.20. The van der Waals surface area contributed by atoms with Gasteiger partial charge in [0.15, 0.2) is 11.9 Å². The van der Waals surface area contributed by atoms with E-state index in [0.717, 1.165) is 47.0 Å². The zero-order chi connectivity index (χ0) is 18.1. The van der Waals surface area contributed by atoms with E-state index in [1.54, 1.807) is 25.0 Å². The molecular formula is C16H20N10. The van der Waals surface area contributed by atoms with Crippen molar-refractivity contribution in [2.75, 3.05) is 11.5 Å². The molecule has 5 rings (SSSR count). The molecule has 0 fully saturated rings. The molecule has 4 aromatic rings. The molecule has 0 spiro atoms. The van der Waals surface area contributed by atoms with Crippen molar-refractivity contribution in [3.8, 4) is 0 Å². The summed E-state index contributed by atoms with van der Waals surface area (Å²) in [6.45, 7) is 2.10. The fourth-order valence-corrected chi connectivity index (χ4v) is 3.14. The fraction of sp³-hybridized carbons (Fsp3) is 0.250. The van der Waals surface area contributed by atoms with Gasteiger partial charge in [0.05, 0.1) is 30.2 Å². The van der Waals surface area contributed by atoms with Crippen molar-refractivity contribution in [3.05, 3.63) is 59.2 Å². The number of anilines is 2. The summed E-state index contributed by atoms with van der Waals surface area (Å²) >= 11 is 0. The Bertz CT molecular complexity index is 990. The Hall–Kier alpha value is -3.56. The van der Waals surface area contributed by atoms with Crippen LogP contribution in [0.3, 0.4) is 0 Å². The van der Waals surface area contributed by atoms with E-state index in [0.29, 0.717) is 11.9 Å². The monoisotopic (exact) mass is 352 g/mol. The maximum atomic E-state index is 5.63. The first-order chi connectivity index (χ1) is 12.6. The molecule has 1 aliphatic carbocycles. The van der Waals surface area contributed by atoms with Crippen molar-refractivity contribution in [3.63, 3.8) is 0 Å². The predicted octanol–water partition coefficient (Wildman–Crippen LogP) is 1.08. The first-order valence-corrected chi connectivity index (χ1v) is 8.23. The molecule has 4 heterocycles. The summed E-state index contributed by atoms with van der Waals surface area (Å²) in [5.41, 5.74) is 17.4. The molecule has 0 aliphatic heterocycles. The van der Waals surface area contributed by atoms with Crippen LogP contribution in [0.25, 0.3) is 0 Å². The zero-order valence-corrected chi connectivity index (χ0v) is 14.2. The minimum absolute atomic E-state index is 0.230. The maximum absolute atomic E-state index is 5.63. The van der Waals surface area contributed by atoms with Crippen LogP contribution in [0.4, 0.5) is 11.9 Å². The Kier molecular flexibility index (Phi) is 3.92. The van der Waals surface area contributed by atoms with Gasteiger partial charge in [-0.1, -0.05) is 6.92 Å². The van der Waals surface area contributed by atoms with E-state index in [2.05, 4.69) is 46.8 Å². The van der Waals surface area contributed by atoms with Crippen molar-refractivity contribution in [1.29, 1.82) is 0 Å². The standard InChI is InChI=1S/C9H11N5.C7H9N5/c1-4-7-5(11-3-12-7)2-6-8(4)14-9(10)13-6;8-7-10-3-6(12-7)1-5-2-9-4-11-5/h3-4H,2H2,1H3,(H,11,12)(H3,10,13,14);2-4H,1H2,(H,9,11)(H3,8,10,12). The highest BCUT2D eigenvalue weighted by Crippen LogP contribution is 2.32. The van der Waals surface area contributed by atoms with Crippen LogP contribution in [0.1, 0.15) is 47.0 Å². The van der Waals surface area contributed by atoms with Crippen LogP contribution in [0.2, 0.25) is 0 Å². The number of H-pyrrole nitrogens is 4. The van der Waals surface area contributed by atoms with Crippen LogP contribution in [0.15, 0.2) is 25.0 Å². The number of aromatic nitrogens is 8. The number of nitrogen functional groups attached to an aromatic ring is 2. The summed E-state index contributed by atoms with van der Waals surface area (Å²) in [5, 5.41) is 0. The van der Waals surface area contributed by atoms with Crippen LogP contribution in [-0.2, 0) is 12.8 Å². The number of hydrogen-bond donors (Lipinski definition) is 6. The van der Waals surface area contributed by atoms with E-state index >= 15 is 0 Å². The summed E-state index contributed by atoms with van der Waals surface area (Å²) in [7, 11) is 0. The molecule has 0 bridgehead atoms. The van der Waals surface area contributed by atoms with Crippen molar-refractivity contribution < 1.29 is 0 Å². The number of nitrogens with two attached hydrogens (primary N) is 2. The summed E-state index contributed by atoms with van der Waals surface area (Å²) in [6, 6.07) is 0. The van der Waals surface area contributed by atoms with Gasteiger partial charge < -0.3 is 31.4 Å². The molecule has 0 saturated heterocycles. The highest BCUT2D eigenvalue weighted by Gasteiger charge is 2.27. The summed E-state index contributed by atoms with van der Waals surface area (Å²) < 4.78 is 0. The lowest BCUT2D eigenvalue weighted by atomic mass is 9.92. The van der Waals surface area contributed by atoms with Gasteiger partial charge in [-0.15, -0.1) is 0 Å². The molecule has 0 amide bonds. The lowest BCUT2D eigenvalue weighted by Gasteiger charge is -2.16. The third kappa shape index (κ3) is 3.04. The van der Waals surface area contributed by atoms with Crippen LogP contribution in [-0.4, -0.2) is 39.9 Å². The normalized spacial score (nSPS) is 15.0. The van der Waals surface area contributed by atoms with Gasteiger partial charge >= 0.3 is 0 Å². The number of hydrogen-bond acceptors (Lipinski definition) is 6. The third-order valence-electron chi connectivity index (χ3n) is 4.34. The van der Waals surface area contributed by atoms with Gasteiger partial charge in [-0.05, 0) is 0 Å². The lowest BCUT2D eigenvalue weighted by Crippen LogP contribution is -2.11. The largest absolute Gasteiger partial charge is 0.369 e. The summed E-state index contributed by atoms with van der Waals surface area (Å²) in [5.74, 6) is 1.17. The van der Waals surface area contributed by atoms with Crippen LogP contribution >= 0.6 is 0 Å². The van der Waals surface area contributed by atoms with Crippen molar-refractivity contribution in [2.45, 2.75) is 25.7 Å². The molecule has 134 valence electrons. The molecule has 0 saturated carbocycles. The zero-order valence-electron chi connectivity index (χ0n) is 14.2. The Morgan fingerprint density at radius 3 is 2.58 bits per heavy atom. The second-order valence-electron chi connectivity index (χ2n) is 6.20. The van der Waals surface area contributed by atoms with Crippen molar-refractivity contribution in [2.24, 2.45) is 0 Å². The minimum Gasteiger partial charge on any atom is -0.369 e. The van der Waals surface area contributed by atoms with Crippen molar-refractivity contribution in [1.82, 2.24) is 39.9 Å². The highest BCUT2D eigenvalue weighted by molar-refractivity contribution is 5.41. The van der Waals surface area contributed by atoms with Gasteiger partial charge in [-0.2, -0.15) is 0 Å². The predicted molar refractivity (Wildman–Crippen MR) is 96.3 cm³/mol. The fourth-order valence-electron chi connectivity index (χ4n) is 3.14. The van der Waals surface area contributed by atoms with Gasteiger partial charge in [0, 0.05) is 47.7 Å². The summed E-state index contributed by atoms with van der Waals surface area (Å²) in [4.78, 5) is 28.5. The molecule has 1 atom stereocenters. The van der Waals surface area contributed by atoms with Gasteiger partial charge in [0.1, 0.15) is 0 Å². The van der Waals surface area contributed by atoms with Crippen molar-refractivity contribution >= 4 is 11.9 Å². The van der Waals surface area contributed by atoms with E-state index in [1.165, 1.54) is 0 Å². The second kappa shape index (κ2) is 6.39. The van der Waals surface area contributed by atoms with Gasteiger partial charge in [-0.3, -0.25) is 0 Å². The molecule has 1 unspecified atom stereocenters. The molecule has 1 aliphatic rings. The molecule has 4 aromatic heterocycles. The van der Waals surface area contributed by atoms with Gasteiger partial charge in [0.2, 0.25) is 0 Å². The topological polar surface area (TPSA) is 167 Å². The number of aromatic amines is 4. The molecule has 10 heteroatoms. The molecular weight excluding hydrogens is 332 g/mol. The van der Waals surface area contributed by atoms with Crippen LogP contribution in [0, 0.1) is 0 Å². The molecule has 10 nitrogen and oxygen atoms in total. The number of imidazole rings is 4. The third-order valence-corrected chi connectivity index (χ3v) is 4.34. The Labute approximate surface area is 148 Å². The van der Waals surface area contributed by atoms with E-state index in [4.69, 9.17) is 11.5 Å². The molecule has 26 heavy (non-hydrogen) atoms. The first-order valence-electron chi connectivity index (χ1n) is 8.23.